The molecule has 5 heteroatoms. The molecule has 1 unspecified atom stereocenters. The normalized spacial score (nSPS) is 13.3. The Labute approximate surface area is 81.2 Å². The van der Waals surface area contributed by atoms with Gasteiger partial charge in [0.2, 0.25) is 5.78 Å². The zero-order chi connectivity index (χ0) is 9.97. The number of fused-ring (bicyclic) bond motifs is 1. The van der Waals surface area contributed by atoms with Gasteiger partial charge in [0, 0.05) is 31.2 Å². The molecule has 0 radical (unpaired) electrons. The maximum absolute atomic E-state index is 8.74. The number of imidazole rings is 1. The number of aliphatic hydroxyl groups is 1. The van der Waals surface area contributed by atoms with Crippen LogP contribution in [-0.4, -0.2) is 26.1 Å². The monoisotopic (exact) mass is 192 g/mol. The van der Waals surface area contributed by atoms with E-state index in [0.29, 0.717) is 12.2 Å². The predicted molar refractivity (Wildman–Crippen MR) is 51.6 cm³/mol. The standard InChI is InChI=1S/C9H12N4O/c10-7(2-6-14)8-1-4-13-5-3-11-9(13)12-8/h1,3-5,7,14H,2,6,10H2. The van der Waals surface area contributed by atoms with Crippen LogP contribution in [0.5, 0.6) is 0 Å². The number of nitrogens with two attached hydrogens (primary N) is 1. The first-order chi connectivity index (χ1) is 6.81. The van der Waals surface area contributed by atoms with Crippen molar-refractivity contribution in [1.29, 1.82) is 0 Å². The number of nitrogens with zero attached hydrogens (tertiary/aromatic N) is 3. The summed E-state index contributed by atoms with van der Waals surface area (Å²) in [7, 11) is 0. The zero-order valence-electron chi connectivity index (χ0n) is 7.67. The summed E-state index contributed by atoms with van der Waals surface area (Å²) in [4.78, 5) is 8.33. The Balaban J connectivity index is 2.33. The topological polar surface area (TPSA) is 76.4 Å². The largest absolute Gasteiger partial charge is 0.396 e. The molecular formula is C9H12N4O. The maximum Gasteiger partial charge on any atom is 0.233 e. The van der Waals surface area contributed by atoms with Crippen LogP contribution in [0, 0.1) is 0 Å². The average Bonchev–Trinajstić information content (AvgIpc) is 2.64. The molecule has 5 nitrogen and oxygen atoms in total. The summed E-state index contributed by atoms with van der Waals surface area (Å²) < 4.78 is 1.81. The minimum Gasteiger partial charge on any atom is -0.396 e. The van der Waals surface area contributed by atoms with Crippen molar-refractivity contribution >= 4 is 5.78 Å². The number of aromatic nitrogens is 3. The molecule has 0 aromatic carbocycles. The predicted octanol–water partition coefficient (Wildman–Crippen LogP) is 0.111. The van der Waals surface area contributed by atoms with Gasteiger partial charge in [0.25, 0.3) is 0 Å². The molecule has 1 atom stereocenters. The van der Waals surface area contributed by atoms with E-state index in [-0.39, 0.29) is 12.6 Å². The molecule has 0 aliphatic rings. The van der Waals surface area contributed by atoms with Crippen molar-refractivity contribution in [2.45, 2.75) is 12.5 Å². The van der Waals surface area contributed by atoms with Crippen LogP contribution in [0.2, 0.25) is 0 Å². The molecule has 0 bridgehead atoms. The Morgan fingerprint density at radius 2 is 2.36 bits per heavy atom. The molecule has 2 aromatic rings. The minimum absolute atomic E-state index is 0.0719. The van der Waals surface area contributed by atoms with Gasteiger partial charge in [-0.05, 0) is 12.5 Å². The number of aliphatic hydroxyl groups excluding tert-OH is 1. The highest BCUT2D eigenvalue weighted by Gasteiger charge is 2.07. The van der Waals surface area contributed by atoms with Crippen molar-refractivity contribution in [3.63, 3.8) is 0 Å². The van der Waals surface area contributed by atoms with Gasteiger partial charge in [0.05, 0.1) is 5.69 Å². The molecule has 0 fully saturated rings. The van der Waals surface area contributed by atoms with Crippen LogP contribution < -0.4 is 5.73 Å². The van der Waals surface area contributed by atoms with E-state index in [1.807, 2.05) is 22.9 Å². The summed E-state index contributed by atoms with van der Waals surface area (Å²) >= 11 is 0. The van der Waals surface area contributed by atoms with Crippen LogP contribution in [0.25, 0.3) is 5.78 Å². The highest BCUT2D eigenvalue weighted by Crippen LogP contribution is 2.11. The van der Waals surface area contributed by atoms with Crippen molar-refractivity contribution in [2.24, 2.45) is 5.73 Å². The van der Waals surface area contributed by atoms with Crippen molar-refractivity contribution < 1.29 is 5.11 Å². The molecule has 0 saturated carbocycles. The summed E-state index contributed by atoms with van der Waals surface area (Å²) in [6.07, 6.45) is 5.89. The third-order valence-corrected chi connectivity index (χ3v) is 2.10. The van der Waals surface area contributed by atoms with E-state index < -0.39 is 0 Å². The lowest BCUT2D eigenvalue weighted by Gasteiger charge is -2.08. The first kappa shape index (κ1) is 9.11. The van der Waals surface area contributed by atoms with E-state index >= 15 is 0 Å². The van der Waals surface area contributed by atoms with Crippen LogP contribution in [0.1, 0.15) is 18.2 Å². The van der Waals surface area contributed by atoms with E-state index in [1.165, 1.54) is 0 Å². The number of rotatable bonds is 3. The molecule has 14 heavy (non-hydrogen) atoms. The fourth-order valence-electron chi connectivity index (χ4n) is 1.31. The molecule has 0 spiro atoms. The first-order valence-electron chi connectivity index (χ1n) is 4.47. The van der Waals surface area contributed by atoms with Gasteiger partial charge in [0.1, 0.15) is 0 Å². The second kappa shape index (κ2) is 3.73. The Kier molecular flexibility index (Phi) is 2.43. The minimum atomic E-state index is -0.221. The van der Waals surface area contributed by atoms with Gasteiger partial charge in [-0.2, -0.15) is 0 Å². The Morgan fingerprint density at radius 1 is 1.50 bits per heavy atom. The third kappa shape index (κ3) is 1.59. The summed E-state index contributed by atoms with van der Waals surface area (Å²) in [6, 6.07) is 1.62. The van der Waals surface area contributed by atoms with Crippen LogP contribution in [0.15, 0.2) is 24.7 Å². The summed E-state index contributed by atoms with van der Waals surface area (Å²) in [5.41, 5.74) is 6.57. The zero-order valence-corrected chi connectivity index (χ0v) is 7.67. The van der Waals surface area contributed by atoms with Gasteiger partial charge in [-0.15, -0.1) is 0 Å². The van der Waals surface area contributed by atoms with Crippen LogP contribution >= 0.6 is 0 Å². The van der Waals surface area contributed by atoms with E-state index in [1.54, 1.807) is 6.20 Å². The third-order valence-electron chi connectivity index (χ3n) is 2.10. The molecule has 2 rings (SSSR count). The lowest BCUT2D eigenvalue weighted by atomic mass is 10.1. The fourth-order valence-corrected chi connectivity index (χ4v) is 1.31. The molecule has 2 aromatic heterocycles. The lowest BCUT2D eigenvalue weighted by molar-refractivity contribution is 0.275. The maximum atomic E-state index is 8.74. The highest BCUT2D eigenvalue weighted by atomic mass is 16.3. The van der Waals surface area contributed by atoms with E-state index in [9.17, 15) is 0 Å². The number of hydrogen-bond acceptors (Lipinski definition) is 4. The van der Waals surface area contributed by atoms with Crippen molar-refractivity contribution in [3.05, 3.63) is 30.4 Å². The second-order valence-electron chi connectivity index (χ2n) is 3.11. The van der Waals surface area contributed by atoms with E-state index in [0.717, 1.165) is 5.69 Å². The molecule has 0 aliphatic heterocycles. The molecule has 74 valence electrons. The molecular weight excluding hydrogens is 180 g/mol. The Hall–Kier alpha value is -1.46. The summed E-state index contributed by atoms with van der Waals surface area (Å²) in [5.74, 6) is 0.635. The first-order valence-corrected chi connectivity index (χ1v) is 4.47. The van der Waals surface area contributed by atoms with Crippen molar-refractivity contribution in [2.75, 3.05) is 6.61 Å². The summed E-state index contributed by atoms with van der Waals surface area (Å²) in [6.45, 7) is 0.0719. The molecule has 0 aliphatic carbocycles. The summed E-state index contributed by atoms with van der Waals surface area (Å²) in [5, 5.41) is 8.74. The highest BCUT2D eigenvalue weighted by molar-refractivity contribution is 5.29. The SMILES string of the molecule is NC(CCO)c1ccn2ccnc2n1. The Morgan fingerprint density at radius 3 is 3.14 bits per heavy atom. The van der Waals surface area contributed by atoms with Crippen molar-refractivity contribution in [1.82, 2.24) is 14.4 Å². The van der Waals surface area contributed by atoms with Crippen LogP contribution in [0.4, 0.5) is 0 Å². The van der Waals surface area contributed by atoms with Crippen LogP contribution in [0.3, 0.4) is 0 Å². The smallest absolute Gasteiger partial charge is 0.233 e. The van der Waals surface area contributed by atoms with Crippen LogP contribution in [-0.2, 0) is 0 Å². The van der Waals surface area contributed by atoms with E-state index in [4.69, 9.17) is 10.8 Å². The molecule has 0 amide bonds. The van der Waals surface area contributed by atoms with Crippen molar-refractivity contribution in [3.8, 4) is 0 Å². The average molecular weight is 192 g/mol. The number of hydrogen-bond donors (Lipinski definition) is 2. The molecule has 3 N–H and O–H groups in total. The van der Waals surface area contributed by atoms with Gasteiger partial charge in [-0.3, -0.25) is 4.40 Å². The quantitative estimate of drug-likeness (QED) is 0.723. The lowest BCUT2D eigenvalue weighted by Crippen LogP contribution is -2.14. The molecule has 0 saturated heterocycles. The Bertz CT molecular complexity index is 425. The molecule has 2 heterocycles. The van der Waals surface area contributed by atoms with E-state index in [2.05, 4.69) is 9.97 Å². The van der Waals surface area contributed by atoms with Gasteiger partial charge < -0.3 is 10.8 Å². The van der Waals surface area contributed by atoms with Gasteiger partial charge in [-0.25, -0.2) is 9.97 Å². The second-order valence-corrected chi connectivity index (χ2v) is 3.11. The van der Waals surface area contributed by atoms with Gasteiger partial charge >= 0.3 is 0 Å². The van der Waals surface area contributed by atoms with Gasteiger partial charge in [0.15, 0.2) is 0 Å². The van der Waals surface area contributed by atoms with Gasteiger partial charge in [-0.1, -0.05) is 0 Å². The fraction of sp³-hybridized carbons (Fsp3) is 0.333.